The van der Waals surface area contributed by atoms with Gasteiger partial charge in [0.05, 0.1) is 12.7 Å². The Bertz CT molecular complexity index is 787. The van der Waals surface area contributed by atoms with Crippen molar-refractivity contribution in [1.29, 1.82) is 0 Å². The molecule has 0 saturated carbocycles. The molecule has 0 saturated heterocycles. The molecule has 3 rings (SSSR count). The van der Waals surface area contributed by atoms with Crippen LogP contribution in [0.25, 0.3) is 11.2 Å². The smallest absolute Gasteiger partial charge is 0.312 e. The first kappa shape index (κ1) is 14.3. The fourth-order valence-electron chi connectivity index (χ4n) is 1.87. The van der Waals surface area contributed by atoms with E-state index in [0.29, 0.717) is 34.3 Å². The number of aromatic nitrogens is 4. The highest BCUT2D eigenvalue weighted by Crippen LogP contribution is 2.16. The SMILES string of the molecule is O=C(CCNc1ncnc2nc[nH]c12)Oc1ccc(Cl)cc1. The summed E-state index contributed by atoms with van der Waals surface area (Å²) >= 11 is 5.77. The van der Waals surface area contributed by atoms with Crippen molar-refractivity contribution in [2.45, 2.75) is 6.42 Å². The first-order valence-corrected chi connectivity index (χ1v) is 6.94. The lowest BCUT2D eigenvalue weighted by atomic mass is 10.3. The van der Waals surface area contributed by atoms with Gasteiger partial charge in [-0.3, -0.25) is 4.79 Å². The summed E-state index contributed by atoms with van der Waals surface area (Å²) in [5.41, 5.74) is 1.27. The number of H-pyrrole nitrogens is 1. The van der Waals surface area contributed by atoms with Gasteiger partial charge in [0.1, 0.15) is 17.6 Å². The maximum Gasteiger partial charge on any atom is 0.312 e. The fourth-order valence-corrected chi connectivity index (χ4v) is 1.99. The van der Waals surface area contributed by atoms with Gasteiger partial charge in [-0.1, -0.05) is 11.6 Å². The van der Waals surface area contributed by atoms with Crippen molar-refractivity contribution in [1.82, 2.24) is 19.9 Å². The van der Waals surface area contributed by atoms with E-state index in [9.17, 15) is 4.79 Å². The predicted octanol–water partition coefficient (Wildman–Crippen LogP) is 2.41. The van der Waals surface area contributed by atoms with Gasteiger partial charge in [0.25, 0.3) is 0 Å². The molecule has 0 fully saturated rings. The van der Waals surface area contributed by atoms with Gasteiger partial charge in [0.2, 0.25) is 0 Å². The van der Waals surface area contributed by atoms with Crippen molar-refractivity contribution in [3.8, 4) is 5.75 Å². The molecule has 0 bridgehead atoms. The number of benzene rings is 1. The molecule has 22 heavy (non-hydrogen) atoms. The average molecular weight is 318 g/mol. The van der Waals surface area contributed by atoms with Crippen molar-refractivity contribution < 1.29 is 9.53 Å². The number of hydrogen-bond donors (Lipinski definition) is 2. The van der Waals surface area contributed by atoms with Crippen molar-refractivity contribution in [2.75, 3.05) is 11.9 Å². The number of nitrogens with zero attached hydrogens (tertiary/aromatic N) is 3. The molecule has 0 atom stereocenters. The lowest BCUT2D eigenvalue weighted by molar-refractivity contribution is -0.134. The second-order valence-corrected chi connectivity index (χ2v) is 4.86. The van der Waals surface area contributed by atoms with E-state index in [4.69, 9.17) is 16.3 Å². The standard InChI is InChI=1S/C14H12ClN5O2/c15-9-1-3-10(4-2-9)22-11(21)5-6-16-13-12-14(18-7-17-12)20-8-19-13/h1-4,7-8H,5-6H2,(H2,16,17,18,19,20). The summed E-state index contributed by atoms with van der Waals surface area (Å²) in [5, 5.41) is 3.65. The number of aromatic amines is 1. The number of rotatable bonds is 5. The molecule has 0 aliphatic carbocycles. The van der Waals surface area contributed by atoms with Crippen LogP contribution in [0.5, 0.6) is 5.75 Å². The molecule has 112 valence electrons. The Labute approximate surface area is 130 Å². The van der Waals surface area contributed by atoms with Crippen LogP contribution < -0.4 is 10.1 Å². The molecule has 2 heterocycles. The number of hydrogen-bond acceptors (Lipinski definition) is 6. The van der Waals surface area contributed by atoms with E-state index in [1.165, 1.54) is 6.33 Å². The lowest BCUT2D eigenvalue weighted by Crippen LogP contribution is -2.14. The molecule has 7 nitrogen and oxygen atoms in total. The first-order valence-electron chi connectivity index (χ1n) is 6.56. The van der Waals surface area contributed by atoms with Crippen molar-refractivity contribution in [3.63, 3.8) is 0 Å². The normalized spacial score (nSPS) is 10.6. The number of halogens is 1. The molecule has 3 aromatic rings. The molecular weight excluding hydrogens is 306 g/mol. The molecule has 0 spiro atoms. The van der Waals surface area contributed by atoms with Gasteiger partial charge in [-0.2, -0.15) is 0 Å². The van der Waals surface area contributed by atoms with Gasteiger partial charge in [0.15, 0.2) is 11.5 Å². The molecule has 0 unspecified atom stereocenters. The van der Waals surface area contributed by atoms with Gasteiger partial charge in [-0.15, -0.1) is 0 Å². The predicted molar refractivity (Wildman–Crippen MR) is 81.9 cm³/mol. The minimum Gasteiger partial charge on any atom is -0.426 e. The second kappa shape index (κ2) is 6.40. The van der Waals surface area contributed by atoms with Gasteiger partial charge >= 0.3 is 5.97 Å². The maximum absolute atomic E-state index is 11.8. The highest BCUT2D eigenvalue weighted by molar-refractivity contribution is 6.30. The highest BCUT2D eigenvalue weighted by Gasteiger charge is 2.08. The summed E-state index contributed by atoms with van der Waals surface area (Å²) in [6, 6.07) is 6.62. The third-order valence-electron chi connectivity index (χ3n) is 2.89. The molecule has 0 amide bonds. The van der Waals surface area contributed by atoms with E-state index in [0.717, 1.165) is 0 Å². The van der Waals surface area contributed by atoms with E-state index >= 15 is 0 Å². The van der Waals surface area contributed by atoms with Crippen LogP contribution in [0.2, 0.25) is 5.02 Å². The number of carbonyl (C=O) groups excluding carboxylic acids is 1. The number of imidazole rings is 1. The molecule has 1 aromatic carbocycles. The first-order chi connectivity index (χ1) is 10.7. The summed E-state index contributed by atoms with van der Waals surface area (Å²) in [7, 11) is 0. The van der Waals surface area contributed by atoms with Crippen LogP contribution in [-0.2, 0) is 4.79 Å². The maximum atomic E-state index is 11.8. The summed E-state index contributed by atoms with van der Waals surface area (Å²) < 4.78 is 5.19. The van der Waals surface area contributed by atoms with E-state index in [2.05, 4.69) is 25.3 Å². The van der Waals surface area contributed by atoms with Gasteiger partial charge in [-0.05, 0) is 24.3 Å². The minimum atomic E-state index is -0.343. The third-order valence-corrected chi connectivity index (χ3v) is 3.14. The second-order valence-electron chi connectivity index (χ2n) is 4.43. The Balaban J connectivity index is 1.53. The Morgan fingerprint density at radius 2 is 2.05 bits per heavy atom. The summed E-state index contributed by atoms with van der Waals surface area (Å²) in [5.74, 6) is 0.721. The quantitative estimate of drug-likeness (QED) is 0.554. The van der Waals surface area contributed by atoms with Gasteiger partial charge < -0.3 is 15.0 Å². The van der Waals surface area contributed by atoms with E-state index < -0.39 is 0 Å². The number of carbonyl (C=O) groups is 1. The molecule has 0 radical (unpaired) electrons. The number of ether oxygens (including phenoxy) is 1. The minimum absolute atomic E-state index is 0.197. The number of fused-ring (bicyclic) bond motifs is 1. The van der Waals surface area contributed by atoms with Gasteiger partial charge in [0, 0.05) is 11.6 Å². The van der Waals surface area contributed by atoms with E-state index in [1.807, 2.05) is 0 Å². The monoisotopic (exact) mass is 317 g/mol. The van der Waals surface area contributed by atoms with Crippen LogP contribution in [0.15, 0.2) is 36.9 Å². The zero-order valence-electron chi connectivity index (χ0n) is 11.4. The average Bonchev–Trinajstić information content (AvgIpc) is 2.99. The molecule has 8 heteroatoms. The molecule has 2 aromatic heterocycles. The zero-order valence-corrected chi connectivity index (χ0v) is 12.2. The topological polar surface area (TPSA) is 92.8 Å². The zero-order chi connectivity index (χ0) is 15.4. The fraction of sp³-hybridized carbons (Fsp3) is 0.143. The van der Waals surface area contributed by atoms with Crippen molar-refractivity contribution in [2.24, 2.45) is 0 Å². The van der Waals surface area contributed by atoms with Crippen LogP contribution in [0.4, 0.5) is 5.82 Å². The Hall–Kier alpha value is -2.67. The van der Waals surface area contributed by atoms with Crippen molar-refractivity contribution >= 4 is 34.6 Å². The number of nitrogens with one attached hydrogen (secondary N) is 2. The summed E-state index contributed by atoms with van der Waals surface area (Å²) in [4.78, 5) is 26.9. The van der Waals surface area contributed by atoms with Crippen molar-refractivity contribution in [3.05, 3.63) is 41.9 Å². The number of anilines is 1. The molecule has 2 N–H and O–H groups in total. The summed E-state index contributed by atoms with van der Waals surface area (Å²) in [6.07, 6.45) is 3.15. The van der Waals surface area contributed by atoms with Crippen LogP contribution in [-0.4, -0.2) is 32.4 Å². The van der Waals surface area contributed by atoms with Crippen LogP contribution in [0.3, 0.4) is 0 Å². The Morgan fingerprint density at radius 3 is 2.86 bits per heavy atom. The Kier molecular flexibility index (Phi) is 4.15. The van der Waals surface area contributed by atoms with Crippen LogP contribution in [0, 0.1) is 0 Å². The lowest BCUT2D eigenvalue weighted by Gasteiger charge is -2.06. The van der Waals surface area contributed by atoms with E-state index in [1.54, 1.807) is 30.6 Å². The largest absolute Gasteiger partial charge is 0.426 e. The number of esters is 1. The van der Waals surface area contributed by atoms with Gasteiger partial charge in [-0.25, -0.2) is 15.0 Å². The highest BCUT2D eigenvalue weighted by atomic mass is 35.5. The summed E-state index contributed by atoms with van der Waals surface area (Å²) in [6.45, 7) is 0.386. The van der Waals surface area contributed by atoms with Crippen LogP contribution in [0.1, 0.15) is 6.42 Å². The molecule has 0 aliphatic rings. The molecular formula is C14H12ClN5O2. The van der Waals surface area contributed by atoms with Crippen LogP contribution >= 0.6 is 11.6 Å². The Morgan fingerprint density at radius 1 is 1.23 bits per heavy atom. The van der Waals surface area contributed by atoms with E-state index in [-0.39, 0.29) is 12.4 Å². The third kappa shape index (κ3) is 3.32. The molecule has 0 aliphatic heterocycles.